The summed E-state index contributed by atoms with van der Waals surface area (Å²) in [5, 5.41) is 13.7. The Balaban J connectivity index is 1.36. The largest absolute Gasteiger partial charge is 0.506 e. The number of piperazine rings is 1. The minimum Gasteiger partial charge on any atom is -0.506 e. The van der Waals surface area contributed by atoms with Crippen LogP contribution >= 0.6 is 11.6 Å². The molecule has 2 N–H and O–H groups in total. The van der Waals surface area contributed by atoms with Crippen molar-refractivity contribution in [3.8, 4) is 5.75 Å². The SMILES string of the molecule is Cc1c(/C=N/NC(=O)c2ccc(O)c(Cl)c2)ccc(N2CCN(Cc3ccccc3)CC2)c1C. The van der Waals surface area contributed by atoms with Gasteiger partial charge in [0.05, 0.1) is 11.2 Å². The van der Waals surface area contributed by atoms with Crippen molar-refractivity contribution in [2.24, 2.45) is 5.10 Å². The maximum Gasteiger partial charge on any atom is 0.271 e. The Bertz CT molecular complexity index is 1190. The van der Waals surface area contributed by atoms with Crippen molar-refractivity contribution in [1.29, 1.82) is 0 Å². The number of carbonyl (C=O) groups excluding carboxylic acids is 1. The molecule has 0 aliphatic carbocycles. The number of aromatic hydroxyl groups is 1. The van der Waals surface area contributed by atoms with Crippen LogP contribution in [0.5, 0.6) is 5.75 Å². The second-order valence-electron chi connectivity index (χ2n) is 8.54. The molecule has 0 bridgehead atoms. The van der Waals surface area contributed by atoms with E-state index >= 15 is 0 Å². The molecule has 3 aromatic rings. The number of hydrazone groups is 1. The fourth-order valence-corrected chi connectivity index (χ4v) is 4.35. The van der Waals surface area contributed by atoms with E-state index in [4.69, 9.17) is 11.6 Å². The first-order valence-corrected chi connectivity index (χ1v) is 11.7. The molecule has 0 radical (unpaired) electrons. The normalized spacial score (nSPS) is 14.5. The quantitative estimate of drug-likeness (QED) is 0.398. The number of amides is 1. The summed E-state index contributed by atoms with van der Waals surface area (Å²) < 4.78 is 0. The highest BCUT2D eigenvalue weighted by atomic mass is 35.5. The van der Waals surface area contributed by atoms with Gasteiger partial charge < -0.3 is 10.0 Å². The molecule has 0 spiro atoms. The van der Waals surface area contributed by atoms with Crippen LogP contribution in [0.25, 0.3) is 0 Å². The standard InChI is InChI=1S/C27H29ClN4O2/c1-19-20(2)25(32-14-12-31(13-15-32)18-21-6-4-3-5-7-21)10-8-23(19)17-29-30-27(34)22-9-11-26(33)24(28)16-22/h3-11,16-17,33H,12-15,18H2,1-2H3,(H,30,34)/b29-17+. The van der Waals surface area contributed by atoms with Gasteiger partial charge in [-0.1, -0.05) is 48.0 Å². The number of benzene rings is 3. The number of nitrogens with one attached hydrogen (secondary N) is 1. The van der Waals surface area contributed by atoms with Gasteiger partial charge in [-0.25, -0.2) is 5.43 Å². The minimum absolute atomic E-state index is 0.0643. The Morgan fingerprint density at radius 3 is 2.47 bits per heavy atom. The Labute approximate surface area is 205 Å². The van der Waals surface area contributed by atoms with E-state index < -0.39 is 5.91 Å². The van der Waals surface area contributed by atoms with Gasteiger partial charge in [0.1, 0.15) is 5.75 Å². The van der Waals surface area contributed by atoms with Gasteiger partial charge in [0.15, 0.2) is 0 Å². The van der Waals surface area contributed by atoms with Crippen LogP contribution < -0.4 is 10.3 Å². The van der Waals surface area contributed by atoms with Crippen LogP contribution in [-0.4, -0.2) is 48.3 Å². The third-order valence-corrected chi connectivity index (χ3v) is 6.64. The Hall–Kier alpha value is -3.35. The molecule has 1 aliphatic heterocycles. The smallest absolute Gasteiger partial charge is 0.271 e. The molecule has 1 amide bonds. The Morgan fingerprint density at radius 2 is 1.76 bits per heavy atom. The zero-order valence-electron chi connectivity index (χ0n) is 19.5. The van der Waals surface area contributed by atoms with Crippen LogP contribution in [0.15, 0.2) is 65.8 Å². The lowest BCUT2D eigenvalue weighted by Crippen LogP contribution is -2.46. The second kappa shape index (κ2) is 10.7. The summed E-state index contributed by atoms with van der Waals surface area (Å²) in [5.74, 6) is -0.456. The molecule has 7 heteroatoms. The van der Waals surface area contributed by atoms with Gasteiger partial charge in [0.25, 0.3) is 5.91 Å². The molecule has 0 saturated carbocycles. The van der Waals surface area contributed by atoms with Gasteiger partial charge in [-0.05, 0) is 60.4 Å². The van der Waals surface area contributed by atoms with E-state index in [1.54, 1.807) is 6.21 Å². The number of rotatable bonds is 6. The third kappa shape index (κ3) is 5.58. The zero-order valence-corrected chi connectivity index (χ0v) is 20.2. The molecule has 1 saturated heterocycles. The number of phenolic OH excluding ortho intramolecular Hbond substituents is 1. The highest BCUT2D eigenvalue weighted by Crippen LogP contribution is 2.27. The van der Waals surface area contributed by atoms with Gasteiger partial charge in [-0.3, -0.25) is 9.69 Å². The van der Waals surface area contributed by atoms with Gasteiger partial charge in [0, 0.05) is 44.0 Å². The first-order valence-electron chi connectivity index (χ1n) is 11.4. The van der Waals surface area contributed by atoms with Crippen molar-refractivity contribution in [3.05, 3.63) is 93.5 Å². The molecule has 3 aromatic carbocycles. The van der Waals surface area contributed by atoms with Gasteiger partial charge in [0.2, 0.25) is 0 Å². The number of hydrogen-bond acceptors (Lipinski definition) is 5. The number of phenols is 1. The van der Waals surface area contributed by atoms with Crippen LogP contribution in [0.3, 0.4) is 0 Å². The zero-order chi connectivity index (χ0) is 24.1. The maximum atomic E-state index is 12.3. The van der Waals surface area contributed by atoms with Crippen molar-refractivity contribution < 1.29 is 9.90 Å². The molecule has 0 atom stereocenters. The molecule has 4 rings (SSSR count). The lowest BCUT2D eigenvalue weighted by Gasteiger charge is -2.37. The average molecular weight is 477 g/mol. The van der Waals surface area contributed by atoms with Crippen LogP contribution in [0.4, 0.5) is 5.69 Å². The third-order valence-electron chi connectivity index (χ3n) is 6.34. The fraction of sp³-hybridized carbons (Fsp3) is 0.259. The van der Waals surface area contributed by atoms with E-state index in [9.17, 15) is 9.90 Å². The Morgan fingerprint density at radius 1 is 1.03 bits per heavy atom. The number of halogens is 1. The van der Waals surface area contributed by atoms with Crippen molar-refractivity contribution in [3.63, 3.8) is 0 Å². The fourth-order valence-electron chi connectivity index (χ4n) is 4.17. The highest BCUT2D eigenvalue weighted by molar-refractivity contribution is 6.32. The molecule has 0 aromatic heterocycles. The highest BCUT2D eigenvalue weighted by Gasteiger charge is 2.19. The van der Waals surface area contributed by atoms with E-state index in [1.807, 2.05) is 6.07 Å². The summed E-state index contributed by atoms with van der Waals surface area (Å²) in [6.45, 7) is 9.25. The van der Waals surface area contributed by atoms with Gasteiger partial charge in [-0.2, -0.15) is 5.10 Å². The van der Waals surface area contributed by atoms with E-state index in [2.05, 4.69) is 70.6 Å². The predicted molar refractivity (Wildman–Crippen MR) is 138 cm³/mol. The molecule has 0 unspecified atom stereocenters. The van der Waals surface area contributed by atoms with Crippen LogP contribution in [0.1, 0.15) is 32.6 Å². The number of nitrogens with zero attached hydrogens (tertiary/aromatic N) is 3. The second-order valence-corrected chi connectivity index (χ2v) is 8.95. The van der Waals surface area contributed by atoms with E-state index in [1.165, 1.54) is 35.0 Å². The van der Waals surface area contributed by atoms with Crippen LogP contribution in [-0.2, 0) is 6.54 Å². The van der Waals surface area contributed by atoms with Crippen molar-refractivity contribution in [2.45, 2.75) is 20.4 Å². The lowest BCUT2D eigenvalue weighted by atomic mass is 10.0. The molecule has 34 heavy (non-hydrogen) atoms. The predicted octanol–water partition coefficient (Wildman–Crippen LogP) is 4.75. The summed E-state index contributed by atoms with van der Waals surface area (Å²) in [7, 11) is 0. The van der Waals surface area contributed by atoms with Crippen molar-refractivity contribution in [1.82, 2.24) is 10.3 Å². The van der Waals surface area contributed by atoms with Crippen molar-refractivity contribution >= 4 is 29.4 Å². The molecule has 1 heterocycles. The molecule has 1 fully saturated rings. The van der Waals surface area contributed by atoms with Crippen LogP contribution in [0, 0.1) is 13.8 Å². The van der Waals surface area contributed by atoms with Gasteiger partial charge >= 0.3 is 0 Å². The number of anilines is 1. The molecule has 1 aliphatic rings. The molecular formula is C27H29ClN4O2. The summed E-state index contributed by atoms with van der Waals surface area (Å²) >= 11 is 5.87. The van der Waals surface area contributed by atoms with E-state index in [-0.39, 0.29) is 10.8 Å². The number of carbonyl (C=O) groups is 1. The maximum absolute atomic E-state index is 12.3. The number of hydrogen-bond donors (Lipinski definition) is 2. The Kier molecular flexibility index (Phi) is 7.50. The van der Waals surface area contributed by atoms with E-state index in [0.717, 1.165) is 43.9 Å². The summed E-state index contributed by atoms with van der Waals surface area (Å²) in [6, 6.07) is 19.1. The molecule has 6 nitrogen and oxygen atoms in total. The topological polar surface area (TPSA) is 68.2 Å². The summed E-state index contributed by atoms with van der Waals surface area (Å²) in [6.07, 6.45) is 1.66. The molecular weight excluding hydrogens is 448 g/mol. The lowest BCUT2D eigenvalue weighted by molar-refractivity contribution is 0.0955. The summed E-state index contributed by atoms with van der Waals surface area (Å²) in [4.78, 5) is 17.2. The first kappa shape index (κ1) is 23.8. The average Bonchev–Trinajstić information content (AvgIpc) is 2.85. The summed E-state index contributed by atoms with van der Waals surface area (Å²) in [5.41, 5.74) is 8.75. The van der Waals surface area contributed by atoms with E-state index in [0.29, 0.717) is 5.56 Å². The minimum atomic E-state index is -0.391. The monoisotopic (exact) mass is 476 g/mol. The van der Waals surface area contributed by atoms with Crippen molar-refractivity contribution in [2.75, 3.05) is 31.1 Å². The molecule has 176 valence electrons. The first-order chi connectivity index (χ1) is 16.4. The van der Waals surface area contributed by atoms with Crippen LogP contribution in [0.2, 0.25) is 5.02 Å². The van der Waals surface area contributed by atoms with Gasteiger partial charge in [-0.15, -0.1) is 0 Å².